The van der Waals surface area contributed by atoms with Gasteiger partial charge in [-0.15, -0.1) is 0 Å². The van der Waals surface area contributed by atoms with Crippen LogP contribution in [0.5, 0.6) is 0 Å². The maximum atomic E-state index is 5.64. The van der Waals surface area contributed by atoms with Gasteiger partial charge in [-0.05, 0) is 25.4 Å². The summed E-state index contributed by atoms with van der Waals surface area (Å²) in [5.74, 6) is 1.19. The normalized spacial score (nSPS) is 12.8. The van der Waals surface area contributed by atoms with E-state index in [1.165, 1.54) is 12.2 Å². The van der Waals surface area contributed by atoms with Crippen LogP contribution in [0.1, 0.15) is 13.3 Å². The van der Waals surface area contributed by atoms with Gasteiger partial charge >= 0.3 is 0 Å². The van der Waals surface area contributed by atoms with E-state index in [9.17, 15) is 0 Å². The van der Waals surface area contributed by atoms with Gasteiger partial charge < -0.3 is 10.6 Å². The first-order valence-electron chi connectivity index (χ1n) is 4.58. The number of nitrogens with zero attached hydrogens (tertiary/aromatic N) is 2. The molecular weight excluding hydrogens is 214 g/mol. The molecule has 0 bridgehead atoms. The molecule has 0 aliphatic carbocycles. The Morgan fingerprint density at radius 3 is 2.93 bits per heavy atom. The second-order valence-electron chi connectivity index (χ2n) is 3.29. The molecule has 0 aliphatic heterocycles. The SMILES string of the molecule is CSCCC(C)N(C)c1ncc(N)s1. The van der Waals surface area contributed by atoms with Gasteiger partial charge in [-0.25, -0.2) is 4.98 Å². The Bertz CT molecular complexity index is 275. The molecule has 0 radical (unpaired) electrons. The van der Waals surface area contributed by atoms with E-state index in [0.717, 1.165) is 10.1 Å². The molecule has 1 rings (SSSR count). The Morgan fingerprint density at radius 2 is 2.43 bits per heavy atom. The summed E-state index contributed by atoms with van der Waals surface area (Å²) < 4.78 is 0. The van der Waals surface area contributed by atoms with Crippen LogP contribution in [0.4, 0.5) is 10.1 Å². The molecule has 1 heterocycles. The minimum absolute atomic E-state index is 0.521. The van der Waals surface area contributed by atoms with Gasteiger partial charge in [-0.2, -0.15) is 11.8 Å². The molecule has 0 amide bonds. The first-order chi connectivity index (χ1) is 6.65. The fraction of sp³-hybridized carbons (Fsp3) is 0.667. The summed E-state index contributed by atoms with van der Waals surface area (Å²) in [6, 6.07) is 0.521. The van der Waals surface area contributed by atoms with Crippen LogP contribution in [0.25, 0.3) is 0 Å². The molecule has 2 N–H and O–H groups in total. The quantitative estimate of drug-likeness (QED) is 0.844. The van der Waals surface area contributed by atoms with Gasteiger partial charge in [0.15, 0.2) is 5.13 Å². The number of thioether (sulfide) groups is 1. The lowest BCUT2D eigenvalue weighted by molar-refractivity contribution is 0.667. The van der Waals surface area contributed by atoms with Crippen molar-refractivity contribution in [3.8, 4) is 0 Å². The molecule has 1 atom stereocenters. The molecule has 1 aromatic heterocycles. The van der Waals surface area contributed by atoms with Crippen molar-refractivity contribution in [3.63, 3.8) is 0 Å². The fourth-order valence-electron chi connectivity index (χ4n) is 1.11. The number of hydrogen-bond acceptors (Lipinski definition) is 5. The molecular formula is C9H17N3S2. The van der Waals surface area contributed by atoms with Crippen LogP contribution < -0.4 is 10.6 Å². The predicted octanol–water partition coefficient (Wildman–Crippen LogP) is 2.30. The molecule has 0 fully saturated rings. The zero-order valence-corrected chi connectivity index (χ0v) is 10.5. The summed E-state index contributed by atoms with van der Waals surface area (Å²) in [6.07, 6.45) is 5.03. The molecule has 0 spiro atoms. The highest BCUT2D eigenvalue weighted by Crippen LogP contribution is 2.25. The smallest absolute Gasteiger partial charge is 0.187 e. The highest BCUT2D eigenvalue weighted by Gasteiger charge is 2.12. The Labute approximate surface area is 93.7 Å². The Balaban J connectivity index is 2.51. The maximum Gasteiger partial charge on any atom is 0.187 e. The number of hydrogen-bond donors (Lipinski definition) is 1. The second-order valence-corrected chi connectivity index (χ2v) is 5.31. The molecule has 5 heteroatoms. The first-order valence-corrected chi connectivity index (χ1v) is 6.79. The van der Waals surface area contributed by atoms with E-state index in [1.807, 2.05) is 11.8 Å². The van der Waals surface area contributed by atoms with E-state index >= 15 is 0 Å². The summed E-state index contributed by atoms with van der Waals surface area (Å²) in [4.78, 5) is 6.45. The van der Waals surface area contributed by atoms with Gasteiger partial charge in [0.25, 0.3) is 0 Å². The lowest BCUT2D eigenvalue weighted by Crippen LogP contribution is -2.29. The third kappa shape index (κ3) is 3.06. The van der Waals surface area contributed by atoms with Crippen molar-refractivity contribution < 1.29 is 0 Å². The number of thiazole rings is 1. The van der Waals surface area contributed by atoms with Gasteiger partial charge in [0.2, 0.25) is 0 Å². The molecule has 1 aromatic rings. The van der Waals surface area contributed by atoms with Gasteiger partial charge in [-0.3, -0.25) is 0 Å². The van der Waals surface area contributed by atoms with Crippen LogP contribution in [-0.2, 0) is 0 Å². The predicted molar refractivity (Wildman–Crippen MR) is 67.4 cm³/mol. The highest BCUT2D eigenvalue weighted by atomic mass is 32.2. The molecule has 14 heavy (non-hydrogen) atoms. The van der Waals surface area contributed by atoms with Crippen LogP contribution in [0.2, 0.25) is 0 Å². The van der Waals surface area contributed by atoms with Crippen LogP contribution in [-0.4, -0.2) is 30.1 Å². The number of aromatic nitrogens is 1. The standard InChI is InChI=1S/C9H17N3S2/c1-7(4-5-13-3)12(2)9-11-6-8(10)14-9/h6-7H,4-5,10H2,1-3H3. The van der Waals surface area contributed by atoms with Crippen LogP contribution in [0.15, 0.2) is 6.20 Å². The largest absolute Gasteiger partial charge is 0.389 e. The second kappa shape index (κ2) is 5.46. The minimum Gasteiger partial charge on any atom is -0.389 e. The first kappa shape index (κ1) is 11.7. The summed E-state index contributed by atoms with van der Waals surface area (Å²) in [5, 5.41) is 1.79. The van der Waals surface area contributed by atoms with E-state index in [1.54, 1.807) is 17.5 Å². The monoisotopic (exact) mass is 231 g/mol. The zero-order chi connectivity index (χ0) is 10.6. The molecule has 80 valence electrons. The van der Waals surface area contributed by atoms with Gasteiger partial charge in [0, 0.05) is 13.1 Å². The third-order valence-corrected chi connectivity index (χ3v) is 3.78. The minimum atomic E-state index is 0.521. The van der Waals surface area contributed by atoms with Gasteiger partial charge in [-0.1, -0.05) is 11.3 Å². The number of anilines is 2. The molecule has 0 saturated heterocycles. The van der Waals surface area contributed by atoms with Crippen molar-refractivity contribution in [3.05, 3.63) is 6.20 Å². The fourth-order valence-corrected chi connectivity index (χ4v) is 2.43. The van der Waals surface area contributed by atoms with Crippen LogP contribution in [0, 0.1) is 0 Å². The lowest BCUT2D eigenvalue weighted by atomic mass is 10.2. The van der Waals surface area contributed by atoms with Gasteiger partial charge in [0.05, 0.1) is 6.20 Å². The van der Waals surface area contributed by atoms with Crippen molar-refractivity contribution in [2.45, 2.75) is 19.4 Å². The Kier molecular flexibility index (Phi) is 4.54. The van der Waals surface area contributed by atoms with Crippen LogP contribution >= 0.6 is 23.1 Å². The molecule has 3 nitrogen and oxygen atoms in total. The van der Waals surface area contributed by atoms with Crippen molar-refractivity contribution in [1.82, 2.24) is 4.98 Å². The average molecular weight is 231 g/mol. The van der Waals surface area contributed by atoms with Crippen LogP contribution in [0.3, 0.4) is 0 Å². The van der Waals surface area contributed by atoms with Crippen molar-refractivity contribution in [2.24, 2.45) is 0 Å². The van der Waals surface area contributed by atoms with E-state index in [2.05, 4.69) is 30.1 Å². The number of nitrogens with two attached hydrogens (primary N) is 1. The molecule has 0 saturated carbocycles. The summed E-state index contributed by atoms with van der Waals surface area (Å²) in [6.45, 7) is 2.22. The lowest BCUT2D eigenvalue weighted by Gasteiger charge is -2.23. The maximum absolute atomic E-state index is 5.64. The average Bonchev–Trinajstić information content (AvgIpc) is 2.60. The summed E-state index contributed by atoms with van der Waals surface area (Å²) in [5.41, 5.74) is 5.64. The Morgan fingerprint density at radius 1 is 1.71 bits per heavy atom. The molecule has 0 aliphatic rings. The zero-order valence-electron chi connectivity index (χ0n) is 8.86. The molecule has 0 aromatic carbocycles. The Hall–Kier alpha value is -0.420. The molecule has 1 unspecified atom stereocenters. The number of rotatable bonds is 5. The highest BCUT2D eigenvalue weighted by molar-refractivity contribution is 7.98. The summed E-state index contributed by atoms with van der Waals surface area (Å²) in [7, 11) is 2.07. The van der Waals surface area contributed by atoms with Crippen molar-refractivity contribution in [1.29, 1.82) is 0 Å². The number of nitrogen functional groups attached to an aromatic ring is 1. The van der Waals surface area contributed by atoms with E-state index < -0.39 is 0 Å². The van der Waals surface area contributed by atoms with Crippen molar-refractivity contribution >= 4 is 33.2 Å². The van der Waals surface area contributed by atoms with E-state index in [-0.39, 0.29) is 0 Å². The van der Waals surface area contributed by atoms with E-state index in [4.69, 9.17) is 5.73 Å². The topological polar surface area (TPSA) is 42.2 Å². The third-order valence-electron chi connectivity index (χ3n) is 2.21. The van der Waals surface area contributed by atoms with Crippen molar-refractivity contribution in [2.75, 3.05) is 29.7 Å². The van der Waals surface area contributed by atoms with Gasteiger partial charge in [0.1, 0.15) is 5.00 Å². The van der Waals surface area contributed by atoms with E-state index in [0.29, 0.717) is 6.04 Å². The summed E-state index contributed by atoms with van der Waals surface area (Å²) >= 11 is 3.42.